The Morgan fingerprint density at radius 3 is 2.94 bits per heavy atom. The first-order valence-electron chi connectivity index (χ1n) is 6.94. The van der Waals surface area contributed by atoms with Crippen molar-refractivity contribution in [3.8, 4) is 0 Å². The lowest BCUT2D eigenvalue weighted by atomic mass is 9.64. The summed E-state index contributed by atoms with van der Waals surface area (Å²) in [6, 6.07) is 0. The van der Waals surface area contributed by atoms with Gasteiger partial charge in [-0.1, -0.05) is 19.9 Å². The smallest absolute Gasteiger partial charge is 0.334 e. The maximum absolute atomic E-state index is 12.1. The van der Waals surface area contributed by atoms with Gasteiger partial charge in [-0.25, -0.2) is 4.79 Å². The van der Waals surface area contributed by atoms with Crippen LogP contribution in [0.2, 0.25) is 0 Å². The van der Waals surface area contributed by atoms with Gasteiger partial charge in [-0.3, -0.25) is 0 Å². The molecule has 1 heterocycles. The van der Waals surface area contributed by atoms with Gasteiger partial charge in [0.25, 0.3) is 0 Å². The van der Waals surface area contributed by atoms with Crippen LogP contribution in [0.5, 0.6) is 0 Å². The highest BCUT2D eigenvalue weighted by atomic mass is 16.5. The minimum Gasteiger partial charge on any atom is -0.462 e. The first kappa shape index (κ1) is 10.2. The van der Waals surface area contributed by atoms with E-state index >= 15 is 0 Å². The SMILES string of the molecule is CC1(C)C2CC=C3C(=O)OCC4CCC1C34C2. The molecule has 1 saturated heterocycles. The molecule has 2 heteroatoms. The lowest BCUT2D eigenvalue weighted by Crippen LogP contribution is -2.43. The van der Waals surface area contributed by atoms with Crippen LogP contribution in [0.4, 0.5) is 0 Å². The van der Waals surface area contributed by atoms with Gasteiger partial charge in [0.2, 0.25) is 0 Å². The Bertz CT molecular complexity index is 434. The monoisotopic (exact) mass is 232 g/mol. The molecule has 2 nitrogen and oxygen atoms in total. The third-order valence-corrected chi connectivity index (χ3v) is 6.43. The van der Waals surface area contributed by atoms with Gasteiger partial charge in [0.1, 0.15) is 0 Å². The number of carbonyl (C=O) groups is 1. The van der Waals surface area contributed by atoms with Crippen LogP contribution < -0.4 is 0 Å². The normalized spacial score (nSPS) is 49.6. The van der Waals surface area contributed by atoms with Crippen LogP contribution in [-0.4, -0.2) is 12.6 Å². The van der Waals surface area contributed by atoms with Gasteiger partial charge in [-0.15, -0.1) is 0 Å². The van der Waals surface area contributed by atoms with Crippen LogP contribution in [0, 0.1) is 28.6 Å². The van der Waals surface area contributed by atoms with Crippen molar-refractivity contribution in [1.29, 1.82) is 0 Å². The summed E-state index contributed by atoms with van der Waals surface area (Å²) in [7, 11) is 0. The fourth-order valence-electron chi connectivity index (χ4n) is 5.58. The Labute approximate surface area is 102 Å². The molecule has 3 fully saturated rings. The summed E-state index contributed by atoms with van der Waals surface area (Å²) in [5.74, 6) is 2.10. The van der Waals surface area contributed by atoms with E-state index in [9.17, 15) is 4.79 Å². The predicted molar refractivity (Wildman–Crippen MR) is 64.2 cm³/mol. The summed E-state index contributed by atoms with van der Waals surface area (Å²) < 4.78 is 5.38. The fourth-order valence-corrected chi connectivity index (χ4v) is 5.58. The van der Waals surface area contributed by atoms with Gasteiger partial charge >= 0.3 is 5.97 Å². The number of carbonyl (C=O) groups excluding carboxylic acids is 1. The van der Waals surface area contributed by atoms with Crippen LogP contribution in [0.25, 0.3) is 0 Å². The molecule has 1 aliphatic heterocycles. The highest BCUT2D eigenvalue weighted by Gasteiger charge is 2.68. The number of rotatable bonds is 0. The Morgan fingerprint density at radius 2 is 2.12 bits per heavy atom. The zero-order valence-electron chi connectivity index (χ0n) is 10.7. The van der Waals surface area contributed by atoms with Crippen molar-refractivity contribution >= 4 is 5.97 Å². The molecular formula is C15H20O2. The molecular weight excluding hydrogens is 212 g/mol. The third kappa shape index (κ3) is 0.937. The molecule has 3 aliphatic carbocycles. The van der Waals surface area contributed by atoms with E-state index in [-0.39, 0.29) is 11.4 Å². The fraction of sp³-hybridized carbons (Fsp3) is 0.800. The van der Waals surface area contributed by atoms with Crippen molar-refractivity contribution in [2.75, 3.05) is 6.61 Å². The van der Waals surface area contributed by atoms with E-state index in [2.05, 4.69) is 19.9 Å². The van der Waals surface area contributed by atoms with Crippen LogP contribution in [0.1, 0.15) is 39.5 Å². The lowest BCUT2D eigenvalue weighted by molar-refractivity contribution is -0.149. The molecule has 4 unspecified atom stereocenters. The van der Waals surface area contributed by atoms with Crippen molar-refractivity contribution in [1.82, 2.24) is 0 Å². The molecule has 0 aromatic heterocycles. The standard InChI is InChI=1S/C15H20O2/c1-14(2)9-3-5-11-13(16)17-8-10-4-6-12(14)15(10,11)7-9/h5,9-10,12H,3-4,6-8H2,1-2H3. The second-order valence-electron chi connectivity index (χ2n) is 7.04. The summed E-state index contributed by atoms with van der Waals surface area (Å²) in [6.45, 7) is 5.53. The van der Waals surface area contributed by atoms with Crippen molar-refractivity contribution in [3.63, 3.8) is 0 Å². The van der Waals surface area contributed by atoms with E-state index in [1.807, 2.05) is 0 Å². The van der Waals surface area contributed by atoms with Gasteiger partial charge in [-0.2, -0.15) is 0 Å². The van der Waals surface area contributed by atoms with Crippen molar-refractivity contribution in [2.24, 2.45) is 28.6 Å². The minimum atomic E-state index is -0.00991. The molecule has 4 aliphatic rings. The summed E-state index contributed by atoms with van der Waals surface area (Å²) in [5, 5.41) is 0. The topological polar surface area (TPSA) is 26.3 Å². The van der Waals surface area contributed by atoms with E-state index in [1.54, 1.807) is 0 Å². The summed E-state index contributed by atoms with van der Waals surface area (Å²) in [5.41, 5.74) is 1.67. The van der Waals surface area contributed by atoms with E-state index in [1.165, 1.54) is 19.3 Å². The third-order valence-electron chi connectivity index (χ3n) is 6.43. The maximum atomic E-state index is 12.1. The number of hydrogen-bond acceptors (Lipinski definition) is 2. The number of hydrogen-bond donors (Lipinski definition) is 0. The van der Waals surface area contributed by atoms with Crippen LogP contribution >= 0.6 is 0 Å². The van der Waals surface area contributed by atoms with Gasteiger partial charge in [0.15, 0.2) is 0 Å². The summed E-state index contributed by atoms with van der Waals surface area (Å²) >= 11 is 0. The largest absolute Gasteiger partial charge is 0.462 e. The molecule has 4 atom stereocenters. The predicted octanol–water partition coefficient (Wildman–Crippen LogP) is 2.93. The second-order valence-corrected chi connectivity index (χ2v) is 7.04. The molecule has 1 spiro atoms. The molecule has 0 aromatic rings. The highest BCUT2D eigenvalue weighted by molar-refractivity contribution is 5.91. The van der Waals surface area contributed by atoms with E-state index in [4.69, 9.17) is 4.74 Å². The van der Waals surface area contributed by atoms with Crippen LogP contribution in [-0.2, 0) is 9.53 Å². The average Bonchev–Trinajstić information content (AvgIpc) is 2.72. The molecule has 0 amide bonds. The molecule has 92 valence electrons. The number of esters is 1. The van der Waals surface area contributed by atoms with Crippen LogP contribution in [0.3, 0.4) is 0 Å². The van der Waals surface area contributed by atoms with E-state index < -0.39 is 0 Å². The van der Waals surface area contributed by atoms with Gasteiger partial charge in [0, 0.05) is 16.9 Å². The summed E-state index contributed by atoms with van der Waals surface area (Å²) in [6.07, 6.45) is 7.10. The molecule has 0 radical (unpaired) electrons. The maximum Gasteiger partial charge on any atom is 0.334 e. The number of ether oxygens (including phenoxy) is 1. The molecule has 2 saturated carbocycles. The Kier molecular flexibility index (Phi) is 1.66. The zero-order valence-corrected chi connectivity index (χ0v) is 10.7. The molecule has 2 bridgehead atoms. The Hall–Kier alpha value is -0.790. The van der Waals surface area contributed by atoms with Gasteiger partial charge in [0.05, 0.1) is 6.61 Å². The van der Waals surface area contributed by atoms with Gasteiger partial charge in [-0.05, 0) is 42.9 Å². The highest BCUT2D eigenvalue weighted by Crippen LogP contribution is 2.72. The Balaban J connectivity index is 1.93. The summed E-state index contributed by atoms with van der Waals surface area (Å²) in [4.78, 5) is 12.1. The first-order valence-corrected chi connectivity index (χ1v) is 6.94. The molecule has 4 rings (SSSR count). The van der Waals surface area contributed by atoms with Crippen molar-refractivity contribution in [3.05, 3.63) is 11.6 Å². The van der Waals surface area contributed by atoms with Gasteiger partial charge < -0.3 is 4.74 Å². The quantitative estimate of drug-likeness (QED) is 0.600. The van der Waals surface area contributed by atoms with Crippen molar-refractivity contribution in [2.45, 2.75) is 39.5 Å². The average molecular weight is 232 g/mol. The number of fused-ring (bicyclic) bond motifs is 1. The second kappa shape index (κ2) is 2.78. The molecule has 0 aromatic carbocycles. The Morgan fingerprint density at radius 1 is 1.29 bits per heavy atom. The van der Waals surface area contributed by atoms with Crippen LogP contribution in [0.15, 0.2) is 11.6 Å². The van der Waals surface area contributed by atoms with Crippen molar-refractivity contribution < 1.29 is 9.53 Å². The lowest BCUT2D eigenvalue weighted by Gasteiger charge is -2.43. The number of allylic oxidation sites excluding steroid dienone is 1. The van der Waals surface area contributed by atoms with E-state index in [0.29, 0.717) is 23.9 Å². The van der Waals surface area contributed by atoms with E-state index in [0.717, 1.165) is 17.9 Å². The number of cyclic esters (lactones) is 1. The minimum absolute atomic E-state index is 0.00991. The first-order chi connectivity index (χ1) is 8.07. The molecule has 17 heavy (non-hydrogen) atoms. The zero-order chi connectivity index (χ0) is 11.8. The molecule has 0 N–H and O–H groups in total.